The van der Waals surface area contributed by atoms with Crippen molar-refractivity contribution in [2.45, 2.75) is 13.1 Å². The summed E-state index contributed by atoms with van der Waals surface area (Å²) in [4.78, 5) is 21.2. The number of likely N-dealkylation sites (N-methyl/N-ethyl adjacent to an activating group) is 1. The smallest absolute Gasteiger partial charge is 0.340 e. The van der Waals surface area contributed by atoms with Crippen LogP contribution in [0.5, 0.6) is 0 Å². The van der Waals surface area contributed by atoms with Crippen molar-refractivity contribution in [3.63, 3.8) is 0 Å². The summed E-state index contributed by atoms with van der Waals surface area (Å²) in [6.07, 6.45) is -0.739. The van der Waals surface area contributed by atoms with Gasteiger partial charge in [-0.1, -0.05) is 12.1 Å². The quantitative estimate of drug-likeness (QED) is 0.751. The fourth-order valence-electron chi connectivity index (χ4n) is 2.14. The zero-order valence-electron chi connectivity index (χ0n) is 15.1. The number of anilines is 3. The lowest BCUT2D eigenvalue weighted by Crippen LogP contribution is -2.13. The summed E-state index contributed by atoms with van der Waals surface area (Å²) in [5, 5.41) is 5.30. The van der Waals surface area contributed by atoms with Gasteiger partial charge in [-0.2, -0.15) is 13.2 Å². The Kier molecular flexibility index (Phi) is 6.51. The van der Waals surface area contributed by atoms with Crippen LogP contribution in [0.2, 0.25) is 0 Å². The monoisotopic (exact) mass is 379 g/mol. The van der Waals surface area contributed by atoms with Gasteiger partial charge in [0.15, 0.2) is 0 Å². The number of nitrogens with zero attached hydrogens (tertiary/aromatic N) is 3. The average molecular weight is 379 g/mol. The van der Waals surface area contributed by atoms with Crippen molar-refractivity contribution in [1.29, 1.82) is 0 Å². The van der Waals surface area contributed by atoms with E-state index in [-0.39, 0.29) is 17.5 Å². The van der Waals surface area contributed by atoms with E-state index in [1.807, 2.05) is 19.0 Å². The molecule has 0 atom stereocenters. The van der Waals surface area contributed by atoms with Crippen molar-refractivity contribution < 1.29 is 18.0 Å². The number of amides is 1. The second kappa shape index (κ2) is 8.63. The van der Waals surface area contributed by atoms with Crippen LogP contribution in [0.4, 0.5) is 30.4 Å². The largest absolute Gasteiger partial charge is 0.421 e. The maximum absolute atomic E-state index is 13.1. The van der Waals surface area contributed by atoms with Gasteiger partial charge in [-0.3, -0.25) is 4.79 Å². The highest BCUT2D eigenvalue weighted by Gasteiger charge is 2.35. The van der Waals surface area contributed by atoms with Crippen LogP contribution in [-0.2, 0) is 11.0 Å². The first kappa shape index (κ1) is 20.4. The first-order valence-corrected chi connectivity index (χ1v) is 8.05. The van der Waals surface area contributed by atoms with E-state index >= 15 is 0 Å². The summed E-state index contributed by atoms with van der Waals surface area (Å²) in [5.41, 5.74) is -0.165. The molecule has 144 valence electrons. The predicted molar refractivity (Wildman–Crippen MR) is 97.8 cm³/mol. The van der Waals surface area contributed by atoms with E-state index in [4.69, 9.17) is 0 Å². The van der Waals surface area contributed by atoms with Gasteiger partial charge in [0.1, 0.15) is 17.2 Å². The summed E-state index contributed by atoms with van der Waals surface area (Å²) < 4.78 is 39.4. The SMILES string of the molecule is Cc1ncc(C(F)(F)F)c(Nc2cccc(NC(=O)/C=C/CN(C)C)c2)n1. The Morgan fingerprint density at radius 3 is 2.63 bits per heavy atom. The van der Waals surface area contributed by atoms with Crippen molar-refractivity contribution in [1.82, 2.24) is 14.9 Å². The minimum absolute atomic E-state index is 0.209. The summed E-state index contributed by atoms with van der Waals surface area (Å²) >= 11 is 0. The molecular formula is C18H20F3N5O. The van der Waals surface area contributed by atoms with Crippen LogP contribution >= 0.6 is 0 Å². The van der Waals surface area contributed by atoms with Gasteiger partial charge in [-0.15, -0.1) is 0 Å². The van der Waals surface area contributed by atoms with Gasteiger partial charge in [0, 0.05) is 30.2 Å². The Morgan fingerprint density at radius 2 is 1.96 bits per heavy atom. The van der Waals surface area contributed by atoms with Gasteiger partial charge in [0.2, 0.25) is 5.91 Å². The number of alkyl halides is 3. The molecule has 0 spiro atoms. The zero-order valence-corrected chi connectivity index (χ0v) is 15.1. The molecule has 1 amide bonds. The molecule has 0 saturated heterocycles. The number of aromatic nitrogens is 2. The average Bonchev–Trinajstić information content (AvgIpc) is 2.53. The fourth-order valence-corrected chi connectivity index (χ4v) is 2.14. The number of halogens is 3. The van der Waals surface area contributed by atoms with Crippen molar-refractivity contribution in [2.24, 2.45) is 0 Å². The molecule has 9 heteroatoms. The summed E-state index contributed by atoms with van der Waals surface area (Å²) in [5.74, 6) is -0.465. The predicted octanol–water partition coefficient (Wildman–Crippen LogP) is 3.60. The van der Waals surface area contributed by atoms with Crippen LogP contribution in [0.3, 0.4) is 0 Å². The molecule has 0 aliphatic heterocycles. The third-order valence-electron chi connectivity index (χ3n) is 3.35. The molecule has 2 rings (SSSR count). The van der Waals surface area contributed by atoms with Gasteiger partial charge in [-0.25, -0.2) is 9.97 Å². The first-order valence-electron chi connectivity index (χ1n) is 8.05. The van der Waals surface area contributed by atoms with Crippen LogP contribution in [0.25, 0.3) is 0 Å². The summed E-state index contributed by atoms with van der Waals surface area (Å²) in [7, 11) is 3.75. The molecule has 0 radical (unpaired) electrons. The van der Waals surface area contributed by atoms with Gasteiger partial charge < -0.3 is 15.5 Å². The standard InChI is InChI=1S/C18H20F3N5O/c1-12-22-11-15(18(19,20)21)17(23-12)25-14-7-4-6-13(10-14)24-16(27)8-5-9-26(2)3/h4-8,10-11H,9H2,1-3H3,(H,24,27)(H,22,23,25)/b8-5+. The Balaban J connectivity index is 2.16. The molecule has 0 aliphatic rings. The molecule has 2 N–H and O–H groups in total. The summed E-state index contributed by atoms with van der Waals surface area (Å²) in [6, 6.07) is 6.35. The molecule has 1 aromatic carbocycles. The van der Waals surface area contributed by atoms with Crippen LogP contribution in [0, 0.1) is 6.92 Å². The number of rotatable bonds is 6. The summed E-state index contributed by atoms with van der Waals surface area (Å²) in [6.45, 7) is 2.12. The van der Waals surface area contributed by atoms with E-state index in [0.717, 1.165) is 6.20 Å². The second-order valence-electron chi connectivity index (χ2n) is 6.04. The Hall–Kier alpha value is -2.94. The number of carbonyl (C=O) groups excluding carboxylic acids is 1. The lowest BCUT2D eigenvalue weighted by Gasteiger charge is -2.14. The van der Waals surface area contributed by atoms with E-state index in [2.05, 4.69) is 20.6 Å². The van der Waals surface area contributed by atoms with E-state index in [1.54, 1.807) is 24.3 Å². The van der Waals surface area contributed by atoms with Crippen molar-refractivity contribution in [2.75, 3.05) is 31.3 Å². The second-order valence-corrected chi connectivity index (χ2v) is 6.04. The van der Waals surface area contributed by atoms with Gasteiger partial charge in [0.05, 0.1) is 0 Å². The number of aryl methyl sites for hydroxylation is 1. The highest BCUT2D eigenvalue weighted by Crippen LogP contribution is 2.34. The van der Waals surface area contributed by atoms with E-state index < -0.39 is 11.7 Å². The van der Waals surface area contributed by atoms with Crippen LogP contribution in [-0.4, -0.2) is 41.4 Å². The molecule has 0 saturated carbocycles. The third kappa shape index (κ3) is 6.37. The van der Waals surface area contributed by atoms with E-state index in [0.29, 0.717) is 17.9 Å². The molecule has 27 heavy (non-hydrogen) atoms. The van der Waals surface area contributed by atoms with Crippen LogP contribution in [0.1, 0.15) is 11.4 Å². The molecule has 0 fully saturated rings. The lowest BCUT2D eigenvalue weighted by molar-refractivity contribution is -0.137. The van der Waals surface area contributed by atoms with E-state index in [1.165, 1.54) is 19.1 Å². The van der Waals surface area contributed by atoms with Crippen molar-refractivity contribution in [3.8, 4) is 0 Å². The molecule has 0 unspecified atom stereocenters. The highest BCUT2D eigenvalue weighted by atomic mass is 19.4. The Labute approximate surface area is 155 Å². The fraction of sp³-hybridized carbons (Fsp3) is 0.278. The minimum Gasteiger partial charge on any atom is -0.340 e. The van der Waals surface area contributed by atoms with Gasteiger partial charge in [0.25, 0.3) is 0 Å². The normalized spacial score (nSPS) is 11.8. The molecule has 0 bridgehead atoms. The third-order valence-corrected chi connectivity index (χ3v) is 3.35. The van der Waals surface area contributed by atoms with Crippen molar-refractivity contribution >= 4 is 23.1 Å². The molecular weight excluding hydrogens is 359 g/mol. The highest BCUT2D eigenvalue weighted by molar-refractivity contribution is 5.99. The topological polar surface area (TPSA) is 70.2 Å². The molecule has 2 aromatic rings. The molecule has 0 aliphatic carbocycles. The number of nitrogens with one attached hydrogen (secondary N) is 2. The zero-order chi connectivity index (χ0) is 20.0. The van der Waals surface area contributed by atoms with Crippen molar-refractivity contribution in [3.05, 3.63) is 54.0 Å². The minimum atomic E-state index is -4.58. The lowest BCUT2D eigenvalue weighted by atomic mass is 10.2. The Morgan fingerprint density at radius 1 is 1.26 bits per heavy atom. The maximum atomic E-state index is 13.1. The van der Waals surface area contributed by atoms with E-state index in [9.17, 15) is 18.0 Å². The maximum Gasteiger partial charge on any atom is 0.421 e. The number of benzene rings is 1. The van der Waals surface area contributed by atoms with Gasteiger partial charge >= 0.3 is 6.18 Å². The number of hydrogen-bond donors (Lipinski definition) is 2. The molecule has 1 heterocycles. The Bertz CT molecular complexity index is 834. The molecule has 1 aromatic heterocycles. The number of hydrogen-bond acceptors (Lipinski definition) is 5. The van der Waals surface area contributed by atoms with Crippen LogP contribution < -0.4 is 10.6 Å². The molecule has 6 nitrogen and oxygen atoms in total. The first-order chi connectivity index (χ1) is 12.6. The van der Waals surface area contributed by atoms with Crippen LogP contribution in [0.15, 0.2) is 42.6 Å². The number of carbonyl (C=O) groups is 1. The van der Waals surface area contributed by atoms with Gasteiger partial charge in [-0.05, 0) is 39.2 Å².